The lowest BCUT2D eigenvalue weighted by Gasteiger charge is -2.10. The summed E-state index contributed by atoms with van der Waals surface area (Å²) >= 11 is 0. The molecule has 0 atom stereocenters. The Kier molecular flexibility index (Phi) is 6.78. The molecule has 0 saturated carbocycles. The van der Waals surface area contributed by atoms with Crippen molar-refractivity contribution in [3.63, 3.8) is 0 Å². The highest BCUT2D eigenvalue weighted by Gasteiger charge is 2.07. The zero-order valence-electron chi connectivity index (χ0n) is 17.8. The second-order valence-electron chi connectivity index (χ2n) is 6.96. The Morgan fingerprint density at radius 2 is 0.688 bits per heavy atom. The standard InChI is InChI=1S/C26H23O5P/c1-28-23-11-3-19(4-12-23)21-7-15-25(16-8-21)30-32(27)31-26-17-9-22(10-18-26)20-5-13-24(29-2)14-6-20/h3-18,32H,1-2H3. The van der Waals surface area contributed by atoms with Gasteiger partial charge in [-0.1, -0.05) is 48.5 Å². The lowest BCUT2D eigenvalue weighted by Crippen LogP contribution is -1.89. The van der Waals surface area contributed by atoms with Gasteiger partial charge in [0.1, 0.15) is 23.0 Å². The number of hydrogen-bond donors (Lipinski definition) is 0. The first kappa shape index (κ1) is 21.5. The van der Waals surface area contributed by atoms with Gasteiger partial charge >= 0.3 is 8.25 Å². The Morgan fingerprint density at radius 1 is 0.438 bits per heavy atom. The highest BCUT2D eigenvalue weighted by molar-refractivity contribution is 7.34. The summed E-state index contributed by atoms with van der Waals surface area (Å²) in [5.74, 6) is 2.59. The molecule has 4 aromatic carbocycles. The van der Waals surface area contributed by atoms with Crippen molar-refractivity contribution in [2.24, 2.45) is 0 Å². The van der Waals surface area contributed by atoms with E-state index in [4.69, 9.17) is 18.5 Å². The highest BCUT2D eigenvalue weighted by Crippen LogP contribution is 2.33. The normalized spacial score (nSPS) is 10.6. The summed E-state index contributed by atoms with van der Waals surface area (Å²) < 4.78 is 33.7. The number of ether oxygens (including phenoxy) is 2. The summed E-state index contributed by atoms with van der Waals surface area (Å²) in [4.78, 5) is 0. The zero-order chi connectivity index (χ0) is 22.3. The molecule has 0 aliphatic heterocycles. The van der Waals surface area contributed by atoms with E-state index in [1.54, 1.807) is 38.5 Å². The van der Waals surface area contributed by atoms with Crippen LogP contribution in [0.4, 0.5) is 0 Å². The van der Waals surface area contributed by atoms with E-state index in [-0.39, 0.29) is 0 Å². The molecule has 4 aromatic rings. The van der Waals surface area contributed by atoms with E-state index in [0.717, 1.165) is 33.8 Å². The monoisotopic (exact) mass is 446 g/mol. The maximum absolute atomic E-state index is 12.3. The molecular weight excluding hydrogens is 423 g/mol. The third kappa shape index (κ3) is 5.32. The van der Waals surface area contributed by atoms with Gasteiger partial charge in [0, 0.05) is 0 Å². The predicted molar refractivity (Wildman–Crippen MR) is 127 cm³/mol. The minimum atomic E-state index is -2.75. The van der Waals surface area contributed by atoms with Crippen LogP contribution in [0.5, 0.6) is 23.0 Å². The number of benzene rings is 4. The first-order valence-corrected chi connectivity index (χ1v) is 11.3. The largest absolute Gasteiger partial charge is 0.497 e. The van der Waals surface area contributed by atoms with Crippen LogP contribution in [-0.2, 0) is 4.57 Å². The van der Waals surface area contributed by atoms with Gasteiger partial charge in [0.2, 0.25) is 0 Å². The molecule has 0 N–H and O–H groups in total. The topological polar surface area (TPSA) is 54.0 Å². The van der Waals surface area contributed by atoms with Crippen molar-refractivity contribution in [2.45, 2.75) is 0 Å². The van der Waals surface area contributed by atoms with Crippen molar-refractivity contribution in [3.8, 4) is 45.3 Å². The number of methoxy groups -OCH3 is 2. The molecule has 0 aliphatic rings. The first-order valence-electron chi connectivity index (χ1n) is 10.0. The third-order valence-electron chi connectivity index (χ3n) is 4.96. The highest BCUT2D eigenvalue weighted by atomic mass is 31.1. The zero-order valence-corrected chi connectivity index (χ0v) is 18.8. The van der Waals surface area contributed by atoms with Gasteiger partial charge in [-0.2, -0.15) is 0 Å². The van der Waals surface area contributed by atoms with Crippen LogP contribution in [-0.4, -0.2) is 14.2 Å². The SMILES string of the molecule is COc1ccc(-c2ccc(O[PH](=O)Oc3ccc(-c4ccc(OC)cc4)cc3)cc2)cc1. The number of hydrogen-bond acceptors (Lipinski definition) is 5. The minimum absolute atomic E-state index is 0.487. The van der Waals surface area contributed by atoms with Crippen LogP contribution in [0.1, 0.15) is 0 Å². The fraction of sp³-hybridized carbons (Fsp3) is 0.0769. The molecule has 0 saturated heterocycles. The molecule has 5 nitrogen and oxygen atoms in total. The Hall–Kier alpha value is -3.69. The smallest absolute Gasteiger partial charge is 0.418 e. The molecular formula is C26H23O5P. The fourth-order valence-corrected chi connectivity index (χ4v) is 3.91. The van der Waals surface area contributed by atoms with Gasteiger partial charge in [0.05, 0.1) is 14.2 Å². The molecule has 0 fully saturated rings. The summed E-state index contributed by atoms with van der Waals surface area (Å²) in [6.07, 6.45) is 0. The predicted octanol–water partition coefficient (Wildman–Crippen LogP) is 6.89. The Morgan fingerprint density at radius 3 is 0.938 bits per heavy atom. The van der Waals surface area contributed by atoms with Crippen molar-refractivity contribution in [1.29, 1.82) is 0 Å². The molecule has 4 rings (SSSR count). The van der Waals surface area contributed by atoms with Crippen LogP contribution in [0.25, 0.3) is 22.3 Å². The van der Waals surface area contributed by atoms with E-state index in [0.29, 0.717) is 11.5 Å². The van der Waals surface area contributed by atoms with Crippen molar-refractivity contribution < 1.29 is 23.1 Å². The van der Waals surface area contributed by atoms with Gasteiger partial charge < -0.3 is 18.5 Å². The molecule has 0 unspecified atom stereocenters. The van der Waals surface area contributed by atoms with E-state index in [1.165, 1.54) is 0 Å². The Bertz CT molecular complexity index is 1070. The summed E-state index contributed by atoms with van der Waals surface area (Å²) in [5, 5.41) is 0. The van der Waals surface area contributed by atoms with Crippen LogP contribution in [0.2, 0.25) is 0 Å². The maximum Gasteiger partial charge on any atom is 0.418 e. The minimum Gasteiger partial charge on any atom is -0.497 e. The van der Waals surface area contributed by atoms with E-state index >= 15 is 0 Å². The van der Waals surface area contributed by atoms with Gasteiger partial charge in [-0.3, -0.25) is 0 Å². The van der Waals surface area contributed by atoms with Gasteiger partial charge in [0.25, 0.3) is 0 Å². The van der Waals surface area contributed by atoms with Crippen LogP contribution in [0, 0.1) is 0 Å². The molecule has 0 bridgehead atoms. The van der Waals surface area contributed by atoms with Gasteiger partial charge in [-0.15, -0.1) is 0 Å². The molecule has 0 aliphatic carbocycles. The van der Waals surface area contributed by atoms with Crippen molar-refractivity contribution in [2.75, 3.05) is 14.2 Å². The second-order valence-corrected chi connectivity index (χ2v) is 7.87. The summed E-state index contributed by atoms with van der Waals surface area (Å²) in [5.41, 5.74) is 4.15. The van der Waals surface area contributed by atoms with Crippen molar-refractivity contribution in [1.82, 2.24) is 0 Å². The average molecular weight is 446 g/mol. The third-order valence-corrected chi connectivity index (χ3v) is 5.76. The van der Waals surface area contributed by atoms with Crippen molar-refractivity contribution >= 4 is 8.25 Å². The first-order chi connectivity index (χ1) is 15.6. The van der Waals surface area contributed by atoms with Crippen LogP contribution >= 0.6 is 8.25 Å². The Labute approximate surface area is 188 Å². The van der Waals surface area contributed by atoms with Crippen LogP contribution in [0.15, 0.2) is 97.1 Å². The van der Waals surface area contributed by atoms with Gasteiger partial charge in [0.15, 0.2) is 0 Å². The summed E-state index contributed by atoms with van der Waals surface area (Å²) in [7, 11) is 0.531. The molecule has 32 heavy (non-hydrogen) atoms. The summed E-state index contributed by atoms with van der Waals surface area (Å²) in [6, 6.07) is 30.3. The lowest BCUT2D eigenvalue weighted by molar-refractivity contribution is 0.414. The van der Waals surface area contributed by atoms with E-state index in [9.17, 15) is 4.57 Å². The van der Waals surface area contributed by atoms with E-state index < -0.39 is 8.25 Å². The van der Waals surface area contributed by atoms with Gasteiger partial charge in [-0.25, -0.2) is 4.57 Å². The molecule has 162 valence electrons. The molecule has 0 radical (unpaired) electrons. The molecule has 0 heterocycles. The molecule has 0 amide bonds. The molecule has 0 spiro atoms. The molecule has 6 heteroatoms. The fourth-order valence-electron chi connectivity index (χ4n) is 3.21. The maximum atomic E-state index is 12.3. The average Bonchev–Trinajstić information content (AvgIpc) is 2.85. The van der Waals surface area contributed by atoms with E-state index in [2.05, 4.69) is 0 Å². The van der Waals surface area contributed by atoms with E-state index in [1.807, 2.05) is 72.8 Å². The van der Waals surface area contributed by atoms with Crippen LogP contribution in [0.3, 0.4) is 0 Å². The number of rotatable bonds is 8. The Balaban J connectivity index is 1.35. The summed E-state index contributed by atoms with van der Waals surface area (Å²) in [6.45, 7) is 0. The quantitative estimate of drug-likeness (QED) is 0.276. The van der Waals surface area contributed by atoms with Crippen LogP contribution < -0.4 is 18.5 Å². The second kappa shape index (κ2) is 10.1. The van der Waals surface area contributed by atoms with Crippen molar-refractivity contribution in [3.05, 3.63) is 97.1 Å². The molecule has 0 aromatic heterocycles. The van der Waals surface area contributed by atoms with Gasteiger partial charge in [-0.05, 0) is 70.8 Å². The lowest BCUT2D eigenvalue weighted by atomic mass is 10.1.